The number of hydrogen-bond donors (Lipinski definition) is 1. The maximum absolute atomic E-state index is 11.9. The van der Waals surface area contributed by atoms with Crippen molar-refractivity contribution in [3.05, 3.63) is 20.8 Å². The molecule has 8 heteroatoms. The molecule has 0 spiro atoms. The van der Waals surface area contributed by atoms with Crippen LogP contribution in [0.5, 0.6) is 0 Å². The number of carbonyl (C=O) groups excluding carboxylic acids is 1. The molecule has 1 aromatic rings. The first-order chi connectivity index (χ1) is 12.4. The van der Waals surface area contributed by atoms with Crippen molar-refractivity contribution in [1.82, 2.24) is 20.0 Å². The second kappa shape index (κ2) is 10.3. The summed E-state index contributed by atoms with van der Waals surface area (Å²) in [6.07, 6.45) is 1.02. The van der Waals surface area contributed by atoms with Gasteiger partial charge in [0.1, 0.15) is 6.54 Å². The molecule has 1 N–H and O–H groups in total. The van der Waals surface area contributed by atoms with Gasteiger partial charge < -0.3 is 15.1 Å². The minimum absolute atomic E-state index is 0.0235. The molecule has 0 bridgehead atoms. The van der Waals surface area contributed by atoms with E-state index >= 15 is 0 Å². The van der Waals surface area contributed by atoms with Crippen LogP contribution in [0.1, 0.15) is 25.1 Å². The topological polar surface area (TPSA) is 51.2 Å². The van der Waals surface area contributed by atoms with Crippen LogP contribution in [0.3, 0.4) is 0 Å². The van der Waals surface area contributed by atoms with E-state index in [1.807, 2.05) is 0 Å². The Morgan fingerprint density at radius 1 is 1.35 bits per heavy atom. The maximum Gasteiger partial charge on any atom is 0.243 e. The fourth-order valence-electron chi connectivity index (χ4n) is 2.62. The number of hydrogen-bond acceptors (Lipinski definition) is 4. The first-order valence-electron chi connectivity index (χ1n) is 9.11. The Balaban J connectivity index is 1.93. The summed E-state index contributed by atoms with van der Waals surface area (Å²) in [7, 11) is 3.53. The number of thiophene rings is 1. The van der Waals surface area contributed by atoms with E-state index in [4.69, 9.17) is 0 Å². The van der Waals surface area contributed by atoms with E-state index < -0.39 is 0 Å². The summed E-state index contributed by atoms with van der Waals surface area (Å²) in [6, 6.07) is 4.63. The lowest BCUT2D eigenvalue weighted by molar-refractivity contribution is -0.127. The number of halogens is 1. The second-order valence-corrected chi connectivity index (χ2v) is 9.40. The van der Waals surface area contributed by atoms with E-state index in [1.165, 1.54) is 8.66 Å². The Hall–Kier alpha value is -1.12. The van der Waals surface area contributed by atoms with Gasteiger partial charge in [-0.05, 0) is 41.4 Å². The van der Waals surface area contributed by atoms with E-state index in [9.17, 15) is 4.79 Å². The number of nitrogens with one attached hydrogen (secondary N) is 1. The third kappa shape index (κ3) is 6.55. The molecule has 0 radical (unpaired) electrons. The third-order valence-corrected chi connectivity index (χ3v) is 6.14. The molecule has 2 rings (SSSR count). The zero-order chi connectivity index (χ0) is 19.1. The molecule has 1 saturated heterocycles. The van der Waals surface area contributed by atoms with Gasteiger partial charge in [0.05, 0.1) is 3.79 Å². The Morgan fingerprint density at radius 2 is 2.04 bits per heavy atom. The van der Waals surface area contributed by atoms with Gasteiger partial charge in [0, 0.05) is 57.7 Å². The van der Waals surface area contributed by atoms with Gasteiger partial charge in [0.25, 0.3) is 0 Å². The van der Waals surface area contributed by atoms with Crippen molar-refractivity contribution in [2.75, 3.05) is 46.8 Å². The molecule has 146 valence electrons. The molecule has 1 unspecified atom stereocenters. The fraction of sp³-hybridized carbons (Fsp3) is 0.667. The lowest BCUT2D eigenvalue weighted by atomic mass is 10.2. The van der Waals surface area contributed by atoms with Crippen molar-refractivity contribution in [2.45, 2.75) is 32.9 Å². The molecular weight excluding hydrogens is 414 g/mol. The Labute approximate surface area is 169 Å². The van der Waals surface area contributed by atoms with E-state index in [2.05, 4.69) is 62.0 Å². The molecule has 0 saturated carbocycles. The molecular formula is C18H30BrN5OS. The summed E-state index contributed by atoms with van der Waals surface area (Å²) in [6.45, 7) is 9.32. The number of likely N-dealkylation sites (N-methyl/N-ethyl adjacent to an activating group) is 1. The predicted molar refractivity (Wildman–Crippen MR) is 113 cm³/mol. The maximum atomic E-state index is 11.9. The van der Waals surface area contributed by atoms with Crippen LogP contribution in [0.4, 0.5) is 0 Å². The van der Waals surface area contributed by atoms with E-state index in [0.717, 1.165) is 45.1 Å². The molecule has 2 heterocycles. The van der Waals surface area contributed by atoms with Crippen LogP contribution in [-0.2, 0) is 11.3 Å². The van der Waals surface area contributed by atoms with Crippen LogP contribution in [0, 0.1) is 0 Å². The van der Waals surface area contributed by atoms with E-state index in [-0.39, 0.29) is 12.5 Å². The van der Waals surface area contributed by atoms with Gasteiger partial charge >= 0.3 is 0 Å². The monoisotopic (exact) mass is 443 g/mol. The summed E-state index contributed by atoms with van der Waals surface area (Å²) >= 11 is 5.33. The van der Waals surface area contributed by atoms with Crippen LogP contribution >= 0.6 is 27.3 Å². The molecule has 1 fully saturated rings. The summed E-state index contributed by atoms with van der Waals surface area (Å²) in [5.74, 6) is 0.878. The van der Waals surface area contributed by atoms with Crippen molar-refractivity contribution < 1.29 is 4.79 Å². The molecule has 1 aliphatic rings. The Morgan fingerprint density at radius 3 is 2.58 bits per heavy atom. The number of aliphatic imine (C=N–C) groups is 1. The van der Waals surface area contributed by atoms with Crippen LogP contribution in [0.25, 0.3) is 0 Å². The highest BCUT2D eigenvalue weighted by molar-refractivity contribution is 9.11. The van der Waals surface area contributed by atoms with E-state index in [0.29, 0.717) is 6.04 Å². The zero-order valence-corrected chi connectivity index (χ0v) is 18.6. The molecule has 1 atom stereocenters. The highest BCUT2D eigenvalue weighted by Crippen LogP contribution is 2.23. The highest BCUT2D eigenvalue weighted by Gasteiger charge is 2.21. The van der Waals surface area contributed by atoms with Gasteiger partial charge in [0.2, 0.25) is 5.91 Å². The molecule has 0 aliphatic carbocycles. The van der Waals surface area contributed by atoms with Crippen molar-refractivity contribution >= 4 is 39.1 Å². The molecule has 6 nitrogen and oxygen atoms in total. The van der Waals surface area contributed by atoms with Gasteiger partial charge in [-0.3, -0.25) is 9.69 Å². The summed E-state index contributed by atoms with van der Waals surface area (Å²) in [5.41, 5.74) is 0. The fourth-order valence-corrected chi connectivity index (χ4v) is 4.14. The zero-order valence-electron chi connectivity index (χ0n) is 16.2. The lowest BCUT2D eigenvalue weighted by Crippen LogP contribution is -2.53. The minimum atomic E-state index is 0.0235. The second-order valence-electron chi connectivity index (χ2n) is 6.85. The minimum Gasteiger partial charge on any atom is -0.354 e. The molecule has 1 amide bonds. The van der Waals surface area contributed by atoms with Crippen LogP contribution in [-0.4, -0.2) is 79.4 Å². The number of piperazine rings is 1. The molecule has 1 aromatic heterocycles. The average molecular weight is 444 g/mol. The van der Waals surface area contributed by atoms with Crippen molar-refractivity contribution in [2.24, 2.45) is 4.99 Å². The first-order valence-corrected chi connectivity index (χ1v) is 10.7. The highest BCUT2D eigenvalue weighted by atomic mass is 79.9. The average Bonchev–Trinajstić information content (AvgIpc) is 3.03. The van der Waals surface area contributed by atoms with Crippen molar-refractivity contribution in [3.63, 3.8) is 0 Å². The lowest BCUT2D eigenvalue weighted by Gasteiger charge is -2.37. The van der Waals surface area contributed by atoms with Crippen LogP contribution < -0.4 is 5.32 Å². The number of amides is 1. The standard InChI is InChI=1S/C18H30BrN5OS/c1-5-14(2)21-18(20-12-17(25)22(3)4)24-10-8-23(9-11-24)13-15-6-7-16(19)26-15/h6-7,14H,5,8-13H2,1-4H3,(H,20,21). The summed E-state index contributed by atoms with van der Waals surface area (Å²) in [5, 5.41) is 3.48. The number of rotatable bonds is 6. The van der Waals surface area contributed by atoms with E-state index in [1.54, 1.807) is 30.3 Å². The van der Waals surface area contributed by atoms with Crippen molar-refractivity contribution in [1.29, 1.82) is 0 Å². The number of carbonyl (C=O) groups is 1. The molecule has 0 aromatic carbocycles. The SMILES string of the molecule is CCC(C)NC(=NCC(=O)N(C)C)N1CCN(Cc2ccc(Br)s2)CC1. The van der Waals surface area contributed by atoms with Gasteiger partial charge in [-0.2, -0.15) is 0 Å². The quantitative estimate of drug-likeness (QED) is 0.541. The molecule has 26 heavy (non-hydrogen) atoms. The van der Waals surface area contributed by atoms with Gasteiger partial charge in [0.15, 0.2) is 5.96 Å². The largest absolute Gasteiger partial charge is 0.354 e. The van der Waals surface area contributed by atoms with Gasteiger partial charge in [-0.25, -0.2) is 4.99 Å². The van der Waals surface area contributed by atoms with Crippen molar-refractivity contribution in [3.8, 4) is 0 Å². The third-order valence-electron chi connectivity index (χ3n) is 4.53. The number of nitrogens with zero attached hydrogens (tertiary/aromatic N) is 4. The predicted octanol–water partition coefficient (Wildman–Crippen LogP) is 2.46. The number of guanidine groups is 1. The van der Waals surface area contributed by atoms with Gasteiger partial charge in [-0.1, -0.05) is 6.92 Å². The smallest absolute Gasteiger partial charge is 0.243 e. The Bertz CT molecular complexity index is 610. The Kier molecular flexibility index (Phi) is 8.37. The van der Waals surface area contributed by atoms with Gasteiger partial charge in [-0.15, -0.1) is 11.3 Å². The van der Waals surface area contributed by atoms with Crippen LogP contribution in [0.2, 0.25) is 0 Å². The normalized spacial score (nSPS) is 17.3. The first kappa shape index (κ1) is 21.2. The summed E-state index contributed by atoms with van der Waals surface area (Å²) in [4.78, 5) is 24.2. The van der Waals surface area contributed by atoms with Crippen LogP contribution in [0.15, 0.2) is 20.9 Å². The molecule has 1 aliphatic heterocycles. The summed E-state index contributed by atoms with van der Waals surface area (Å²) < 4.78 is 1.18.